The third-order valence-corrected chi connectivity index (χ3v) is 7.90. The van der Waals surface area contributed by atoms with Crippen LogP contribution in [0, 0.1) is 26.8 Å². The number of oxazole rings is 1. The van der Waals surface area contributed by atoms with Gasteiger partial charge in [0.05, 0.1) is 6.20 Å². The van der Waals surface area contributed by atoms with Gasteiger partial charge in [0, 0.05) is 29.1 Å². The third kappa shape index (κ3) is 5.42. The average Bonchev–Trinajstić information content (AvgIpc) is 3.71. The molecule has 0 bridgehead atoms. The fourth-order valence-electron chi connectivity index (χ4n) is 6.08. The van der Waals surface area contributed by atoms with E-state index in [9.17, 15) is 18.0 Å². The summed E-state index contributed by atoms with van der Waals surface area (Å²) >= 11 is 0. The smallest absolute Gasteiger partial charge is 0.445 e. The van der Waals surface area contributed by atoms with Crippen molar-refractivity contribution in [1.82, 2.24) is 15.0 Å². The highest BCUT2D eigenvalue weighted by molar-refractivity contribution is 6.13. The lowest BCUT2D eigenvalue weighted by Gasteiger charge is -2.26. The number of nitrogens with one attached hydrogen (secondary N) is 1. The van der Waals surface area contributed by atoms with Gasteiger partial charge in [-0.25, -0.2) is 9.97 Å². The monoisotopic (exact) mass is 584 g/mol. The summed E-state index contributed by atoms with van der Waals surface area (Å²) < 4.78 is 49.2. The Balaban J connectivity index is 1.91. The van der Waals surface area contributed by atoms with Crippen LogP contribution in [0.2, 0.25) is 0 Å². The van der Waals surface area contributed by atoms with Gasteiger partial charge in [0.1, 0.15) is 12.1 Å². The van der Waals surface area contributed by atoms with Gasteiger partial charge in [-0.15, -0.1) is 0 Å². The molecule has 0 saturated heterocycles. The first-order chi connectivity index (χ1) is 20.5. The van der Waals surface area contributed by atoms with Gasteiger partial charge in [-0.3, -0.25) is 4.79 Å². The van der Waals surface area contributed by atoms with Gasteiger partial charge in [-0.05, 0) is 126 Å². The lowest BCUT2D eigenvalue weighted by atomic mass is 9.77. The van der Waals surface area contributed by atoms with Crippen molar-refractivity contribution in [2.45, 2.75) is 67.0 Å². The van der Waals surface area contributed by atoms with Crippen molar-refractivity contribution in [1.29, 1.82) is 0 Å². The molecule has 0 aliphatic heterocycles. The number of imidazole rings is 1. The number of carbonyl (C=O) groups is 1. The number of ketones is 1. The van der Waals surface area contributed by atoms with Crippen molar-refractivity contribution in [2.75, 3.05) is 0 Å². The maximum absolute atomic E-state index is 14.6. The van der Waals surface area contributed by atoms with E-state index < -0.39 is 12.0 Å². The predicted octanol–water partition coefficient (Wildman–Crippen LogP) is 9.22. The van der Waals surface area contributed by atoms with Crippen LogP contribution >= 0.6 is 0 Å². The van der Waals surface area contributed by atoms with E-state index in [1.165, 1.54) is 6.26 Å². The van der Waals surface area contributed by atoms with Crippen LogP contribution in [-0.2, 0) is 19.3 Å². The van der Waals surface area contributed by atoms with Crippen LogP contribution < -0.4 is 0 Å². The standard InChI is InChI=1S/C35H33F3N3O2/c1-7-22-14-21(6)29(27-20(5)16-26(18-24(27)9-3)34-41-12-13-43-34)31(32(42)35(36,37)38)30(22)28-19(4)15-25(17-23(28)8-2)33-39-10-11-40-33/h10-13,15-18H,7-9H2,1-6H3,(H,39,40). The number of aromatic amines is 1. The SMILES string of the molecule is CCc1[c]c(C)c(-c2c(C)cc(-c3ncco3)cc2CC)c(C(=O)C(F)(F)F)c1-c1c(C)cc(-c2ncc[nH]2)cc1CC. The van der Waals surface area contributed by atoms with Gasteiger partial charge in [-0.1, -0.05) is 20.8 Å². The van der Waals surface area contributed by atoms with Crippen molar-refractivity contribution >= 4 is 5.78 Å². The first-order valence-electron chi connectivity index (χ1n) is 14.4. The van der Waals surface area contributed by atoms with E-state index in [1.54, 1.807) is 25.5 Å². The molecule has 0 spiro atoms. The molecule has 2 aromatic heterocycles. The van der Waals surface area contributed by atoms with E-state index in [0.717, 1.165) is 33.4 Å². The van der Waals surface area contributed by atoms with Crippen molar-refractivity contribution in [2.24, 2.45) is 0 Å². The lowest BCUT2D eigenvalue weighted by Crippen LogP contribution is -2.25. The fourth-order valence-corrected chi connectivity index (χ4v) is 6.08. The number of hydrogen-bond donors (Lipinski definition) is 1. The van der Waals surface area contributed by atoms with Crippen LogP contribution in [-0.4, -0.2) is 26.9 Å². The number of rotatable bonds is 8. The molecule has 0 unspecified atom stereocenters. The molecule has 2 heterocycles. The van der Waals surface area contributed by atoms with E-state index in [0.29, 0.717) is 58.8 Å². The Hall–Kier alpha value is -4.46. The van der Waals surface area contributed by atoms with Gasteiger partial charge in [0.2, 0.25) is 5.89 Å². The summed E-state index contributed by atoms with van der Waals surface area (Å²) in [7, 11) is 0. The molecule has 0 aliphatic rings. The normalized spacial score (nSPS) is 11.7. The molecule has 5 rings (SSSR count). The minimum absolute atomic E-state index is 0.263. The second-order valence-corrected chi connectivity index (χ2v) is 10.7. The Labute approximate surface area is 249 Å². The summed E-state index contributed by atoms with van der Waals surface area (Å²) in [5.74, 6) is -0.780. The molecule has 43 heavy (non-hydrogen) atoms. The molecular formula is C35H33F3N3O2. The topological polar surface area (TPSA) is 71.8 Å². The number of nitrogens with zero attached hydrogens (tertiary/aromatic N) is 2. The summed E-state index contributed by atoms with van der Waals surface area (Å²) in [6.07, 6.45) is 2.78. The molecule has 1 radical (unpaired) electrons. The number of benzene rings is 3. The van der Waals surface area contributed by atoms with Crippen LogP contribution in [0.3, 0.4) is 0 Å². The Morgan fingerprint density at radius 2 is 1.47 bits per heavy atom. The first kappa shape index (κ1) is 30.0. The number of aryl methyl sites for hydroxylation is 6. The molecule has 8 heteroatoms. The van der Waals surface area contributed by atoms with Crippen molar-refractivity contribution in [3.05, 3.63) is 94.1 Å². The van der Waals surface area contributed by atoms with E-state index in [4.69, 9.17) is 4.42 Å². The van der Waals surface area contributed by atoms with E-state index >= 15 is 0 Å². The number of hydrogen-bond acceptors (Lipinski definition) is 4. The summed E-state index contributed by atoms with van der Waals surface area (Å²) in [6, 6.07) is 11.0. The number of halogens is 3. The number of H-pyrrole nitrogens is 1. The number of Topliss-reactive ketones (excluding diaryl/α,β-unsaturated/α-hetero) is 1. The van der Waals surface area contributed by atoms with Crippen LogP contribution in [0.4, 0.5) is 13.2 Å². The van der Waals surface area contributed by atoms with Gasteiger partial charge in [-0.2, -0.15) is 13.2 Å². The maximum Gasteiger partial charge on any atom is 0.454 e. The first-order valence-corrected chi connectivity index (χ1v) is 14.4. The highest BCUT2D eigenvalue weighted by atomic mass is 19.4. The largest absolute Gasteiger partial charge is 0.454 e. The van der Waals surface area contributed by atoms with E-state index in [2.05, 4.69) is 21.0 Å². The zero-order valence-electron chi connectivity index (χ0n) is 25.1. The lowest BCUT2D eigenvalue weighted by molar-refractivity contribution is -0.0884. The average molecular weight is 585 g/mol. The molecule has 0 aliphatic carbocycles. The van der Waals surface area contributed by atoms with Crippen molar-refractivity contribution < 1.29 is 22.4 Å². The Bertz CT molecular complexity index is 1800. The minimum atomic E-state index is -5.09. The zero-order chi connectivity index (χ0) is 31.1. The molecular weight excluding hydrogens is 551 g/mol. The maximum atomic E-state index is 14.6. The van der Waals surface area contributed by atoms with Crippen LogP contribution in [0.5, 0.6) is 0 Å². The van der Waals surface area contributed by atoms with Gasteiger partial charge < -0.3 is 9.40 Å². The molecule has 3 aromatic carbocycles. The van der Waals surface area contributed by atoms with E-state index in [-0.39, 0.29) is 11.1 Å². The molecule has 0 saturated carbocycles. The Kier molecular flexibility index (Phi) is 8.14. The quantitative estimate of drug-likeness (QED) is 0.185. The molecule has 1 N–H and O–H groups in total. The molecule has 221 valence electrons. The molecule has 5 nitrogen and oxygen atoms in total. The van der Waals surface area contributed by atoms with Gasteiger partial charge in [0.15, 0.2) is 0 Å². The summed E-state index contributed by atoms with van der Waals surface area (Å²) in [5.41, 5.74) is 7.17. The fraction of sp³-hybridized carbons (Fsp3) is 0.286. The second kappa shape index (κ2) is 11.7. The minimum Gasteiger partial charge on any atom is -0.445 e. The van der Waals surface area contributed by atoms with E-state index in [1.807, 2.05) is 58.9 Å². The zero-order valence-corrected chi connectivity index (χ0v) is 25.1. The molecule has 0 amide bonds. The number of carbonyl (C=O) groups excluding carboxylic acids is 1. The summed E-state index contributed by atoms with van der Waals surface area (Å²) in [5, 5.41) is 0. The third-order valence-electron chi connectivity index (χ3n) is 7.90. The summed E-state index contributed by atoms with van der Waals surface area (Å²) in [6.45, 7) is 11.2. The molecule has 0 atom stereocenters. The van der Waals surface area contributed by atoms with Gasteiger partial charge in [0.25, 0.3) is 5.78 Å². The van der Waals surface area contributed by atoms with Crippen LogP contribution in [0.15, 0.2) is 53.5 Å². The van der Waals surface area contributed by atoms with Crippen molar-refractivity contribution in [3.63, 3.8) is 0 Å². The Morgan fingerprint density at radius 3 is 2.00 bits per heavy atom. The number of alkyl halides is 3. The molecule has 5 aromatic rings. The summed E-state index contributed by atoms with van der Waals surface area (Å²) in [4.78, 5) is 25.3. The Morgan fingerprint density at radius 1 is 0.837 bits per heavy atom. The second-order valence-electron chi connectivity index (χ2n) is 10.7. The van der Waals surface area contributed by atoms with Crippen molar-refractivity contribution in [3.8, 4) is 45.1 Å². The highest BCUT2D eigenvalue weighted by Gasteiger charge is 2.43. The van der Waals surface area contributed by atoms with Gasteiger partial charge >= 0.3 is 6.18 Å². The molecule has 0 fully saturated rings. The van der Waals surface area contributed by atoms with Crippen LogP contribution in [0.1, 0.15) is 64.5 Å². The predicted molar refractivity (Wildman–Crippen MR) is 162 cm³/mol. The van der Waals surface area contributed by atoms with Crippen LogP contribution in [0.25, 0.3) is 45.1 Å². The highest BCUT2D eigenvalue weighted by Crippen LogP contribution is 2.46. The number of aromatic nitrogens is 3.